The van der Waals surface area contributed by atoms with E-state index in [1.165, 1.54) is 17.5 Å². The summed E-state index contributed by atoms with van der Waals surface area (Å²) < 4.78 is 28.6. The van der Waals surface area contributed by atoms with E-state index in [1.807, 2.05) is 0 Å². The first-order valence-corrected chi connectivity index (χ1v) is 8.04. The molecule has 2 aromatic heterocycles. The average Bonchev–Trinajstić information content (AvgIpc) is 2.86. The van der Waals surface area contributed by atoms with Gasteiger partial charge in [-0.05, 0) is 26.1 Å². The Labute approximate surface area is 113 Å². The van der Waals surface area contributed by atoms with Gasteiger partial charge in [0.1, 0.15) is 15.6 Å². The number of rotatable bonds is 4. The average molecular weight is 305 g/mol. The van der Waals surface area contributed by atoms with Crippen LogP contribution in [0.25, 0.3) is 10.8 Å². The lowest BCUT2D eigenvalue weighted by Gasteiger charge is -2.04. The van der Waals surface area contributed by atoms with Crippen molar-refractivity contribution in [3.05, 3.63) is 16.0 Å². The van der Waals surface area contributed by atoms with Crippen LogP contribution in [0.3, 0.4) is 0 Å². The van der Waals surface area contributed by atoms with Gasteiger partial charge in [0.05, 0.1) is 11.4 Å². The highest BCUT2D eigenvalue weighted by Gasteiger charge is 2.19. The molecule has 98 valence electrons. The van der Waals surface area contributed by atoms with Gasteiger partial charge in [0.25, 0.3) is 10.7 Å². The molecule has 0 fully saturated rings. The molecule has 0 aliphatic carbocycles. The van der Waals surface area contributed by atoms with E-state index < -0.39 is 15.1 Å². The van der Waals surface area contributed by atoms with Crippen LogP contribution < -0.4 is 0 Å². The van der Waals surface area contributed by atoms with E-state index >= 15 is 0 Å². The molecule has 0 aromatic carbocycles. The molecule has 1 N–H and O–H groups in total. The van der Waals surface area contributed by atoms with Crippen LogP contribution >= 0.6 is 23.6 Å². The number of sulfone groups is 1. The third-order valence-electron chi connectivity index (χ3n) is 2.25. The Morgan fingerprint density at radius 1 is 1.56 bits per heavy atom. The number of H-pyrrole nitrogens is 1. The third kappa shape index (κ3) is 2.85. The van der Waals surface area contributed by atoms with Crippen LogP contribution in [-0.2, 0) is 15.6 Å². The number of nitrogens with zero attached hydrogens (tertiary/aromatic N) is 2. The minimum absolute atomic E-state index is 0.0690. The molecule has 0 bridgehead atoms. The normalized spacial score (nSPS) is 12.2. The second-order valence-corrected chi connectivity index (χ2v) is 7.94. The van der Waals surface area contributed by atoms with Crippen molar-refractivity contribution in [1.82, 2.24) is 15.2 Å². The van der Waals surface area contributed by atoms with Gasteiger partial charge in [-0.3, -0.25) is 0 Å². The van der Waals surface area contributed by atoms with E-state index in [2.05, 4.69) is 15.2 Å². The highest BCUT2D eigenvalue weighted by atomic mass is 32.2. The number of thiazole rings is 1. The number of hydrogen-bond donors (Lipinski definition) is 1. The number of hydrogen-bond acceptors (Lipinski definition) is 7. The van der Waals surface area contributed by atoms with Gasteiger partial charge in [0.15, 0.2) is 9.84 Å². The Morgan fingerprint density at radius 2 is 2.28 bits per heavy atom. The second-order valence-electron chi connectivity index (χ2n) is 3.89. The number of nitrogens with one attached hydrogen (secondary N) is 1. The fraction of sp³-hybridized carbons (Fsp3) is 0.444. The molecular formula is C9H11N3O3S3. The molecule has 6 nitrogen and oxygen atoms in total. The van der Waals surface area contributed by atoms with E-state index in [0.29, 0.717) is 15.8 Å². The van der Waals surface area contributed by atoms with Gasteiger partial charge in [-0.15, -0.1) is 16.4 Å². The van der Waals surface area contributed by atoms with Crippen LogP contribution in [0.2, 0.25) is 0 Å². The molecular weight excluding hydrogens is 294 g/mol. The van der Waals surface area contributed by atoms with Crippen molar-refractivity contribution in [2.45, 2.75) is 24.9 Å². The number of aromatic nitrogens is 3. The monoisotopic (exact) mass is 305 g/mol. The van der Waals surface area contributed by atoms with Gasteiger partial charge in [0, 0.05) is 0 Å². The molecule has 0 saturated heterocycles. The summed E-state index contributed by atoms with van der Waals surface area (Å²) >= 11 is 6.00. The Bertz CT molecular complexity index is 696. The first kappa shape index (κ1) is 13.4. The minimum Gasteiger partial charge on any atom is -0.408 e. The maximum absolute atomic E-state index is 11.8. The van der Waals surface area contributed by atoms with Crippen molar-refractivity contribution in [3.8, 4) is 10.8 Å². The van der Waals surface area contributed by atoms with Crippen LogP contribution in [0.1, 0.15) is 18.9 Å². The largest absolute Gasteiger partial charge is 0.408 e. The van der Waals surface area contributed by atoms with E-state index in [-0.39, 0.29) is 10.6 Å². The Kier molecular flexibility index (Phi) is 3.64. The molecule has 0 spiro atoms. The molecule has 9 heteroatoms. The summed E-state index contributed by atoms with van der Waals surface area (Å²) in [6, 6.07) is 0. The molecule has 0 amide bonds. The lowest BCUT2D eigenvalue weighted by Crippen LogP contribution is -2.15. The summed E-state index contributed by atoms with van der Waals surface area (Å²) in [6.45, 7) is 3.30. The minimum atomic E-state index is -3.15. The lowest BCUT2D eigenvalue weighted by molar-refractivity contribution is 0.553. The molecule has 2 heterocycles. The highest BCUT2D eigenvalue weighted by molar-refractivity contribution is 7.91. The predicted molar refractivity (Wildman–Crippen MR) is 70.6 cm³/mol. The molecule has 0 aliphatic heterocycles. The molecule has 2 rings (SSSR count). The van der Waals surface area contributed by atoms with E-state index in [9.17, 15) is 8.42 Å². The summed E-state index contributed by atoms with van der Waals surface area (Å²) in [6.07, 6.45) is 1.53. The zero-order valence-corrected chi connectivity index (χ0v) is 12.2. The van der Waals surface area contributed by atoms with Crippen molar-refractivity contribution < 1.29 is 12.8 Å². The summed E-state index contributed by atoms with van der Waals surface area (Å²) in [5.41, 5.74) is 0. The van der Waals surface area contributed by atoms with Gasteiger partial charge in [0.2, 0.25) is 0 Å². The molecule has 0 radical (unpaired) electrons. The third-order valence-corrected chi connectivity index (χ3v) is 5.70. The summed E-state index contributed by atoms with van der Waals surface area (Å²) in [5, 5.41) is 6.46. The molecule has 18 heavy (non-hydrogen) atoms. The summed E-state index contributed by atoms with van der Waals surface area (Å²) in [4.78, 5) is 4.89. The van der Waals surface area contributed by atoms with Crippen molar-refractivity contribution in [3.63, 3.8) is 0 Å². The summed E-state index contributed by atoms with van der Waals surface area (Å²) in [5.74, 6) is 0.256. The van der Waals surface area contributed by atoms with Crippen LogP contribution in [0.15, 0.2) is 10.6 Å². The van der Waals surface area contributed by atoms with Crippen molar-refractivity contribution in [2.75, 3.05) is 0 Å². The maximum atomic E-state index is 11.8. The zero-order chi connectivity index (χ0) is 13.3. The van der Waals surface area contributed by atoms with E-state index in [1.54, 1.807) is 13.8 Å². The molecule has 0 aliphatic rings. The Balaban J connectivity index is 2.24. The summed E-state index contributed by atoms with van der Waals surface area (Å²) in [7, 11) is -3.15. The van der Waals surface area contributed by atoms with Crippen LogP contribution in [-0.4, -0.2) is 28.8 Å². The van der Waals surface area contributed by atoms with Crippen LogP contribution in [0.5, 0.6) is 0 Å². The maximum Gasteiger partial charge on any atom is 0.284 e. The first-order valence-electron chi connectivity index (χ1n) is 5.10. The van der Waals surface area contributed by atoms with E-state index in [4.69, 9.17) is 16.6 Å². The zero-order valence-electron chi connectivity index (χ0n) is 9.71. The highest BCUT2D eigenvalue weighted by Crippen LogP contribution is 2.25. The van der Waals surface area contributed by atoms with Gasteiger partial charge >= 0.3 is 0 Å². The molecule has 2 aromatic rings. The Morgan fingerprint density at radius 3 is 2.83 bits per heavy atom. The van der Waals surface area contributed by atoms with Gasteiger partial charge in [-0.25, -0.2) is 18.5 Å². The smallest absolute Gasteiger partial charge is 0.284 e. The van der Waals surface area contributed by atoms with Gasteiger partial charge < -0.3 is 4.42 Å². The lowest BCUT2D eigenvalue weighted by atomic mass is 10.6. The van der Waals surface area contributed by atoms with Gasteiger partial charge in [-0.1, -0.05) is 0 Å². The first-order chi connectivity index (χ1) is 8.38. The molecule has 0 saturated carbocycles. The van der Waals surface area contributed by atoms with Gasteiger partial charge in [-0.2, -0.15) is 0 Å². The number of aromatic amines is 1. The SMILES string of the molecule is CC(C)S(=O)(=O)Cc1ncc(-c2n[nH]c(=S)o2)s1. The quantitative estimate of drug-likeness (QED) is 0.871. The van der Waals surface area contributed by atoms with Crippen molar-refractivity contribution in [2.24, 2.45) is 0 Å². The fourth-order valence-corrected chi connectivity index (χ4v) is 3.39. The fourth-order valence-electron chi connectivity index (χ4n) is 1.15. The Hall–Kier alpha value is -1.06. The van der Waals surface area contributed by atoms with E-state index in [0.717, 1.165) is 0 Å². The van der Waals surface area contributed by atoms with Crippen LogP contribution in [0.4, 0.5) is 0 Å². The van der Waals surface area contributed by atoms with Crippen molar-refractivity contribution in [1.29, 1.82) is 0 Å². The van der Waals surface area contributed by atoms with Crippen molar-refractivity contribution >= 4 is 33.4 Å². The van der Waals surface area contributed by atoms with Crippen LogP contribution in [0, 0.1) is 4.84 Å². The topological polar surface area (TPSA) is 88.9 Å². The predicted octanol–water partition coefficient (Wildman–Crippen LogP) is 2.18. The standard InChI is InChI=1S/C9H11N3O3S3/c1-5(2)18(13,14)4-7-10-3-6(17-7)8-11-12-9(16)15-8/h3,5H,4H2,1-2H3,(H,12,16). The second kappa shape index (κ2) is 4.90. The molecule has 0 atom stereocenters. The molecule has 0 unspecified atom stereocenters.